The fourth-order valence-electron chi connectivity index (χ4n) is 1.72. The van der Waals surface area contributed by atoms with Gasteiger partial charge in [0.1, 0.15) is 0 Å². The summed E-state index contributed by atoms with van der Waals surface area (Å²) in [7, 11) is 0. The lowest BCUT2D eigenvalue weighted by atomic mass is 10.2. The number of hydrogen-bond donors (Lipinski definition) is 1. The molecule has 0 radical (unpaired) electrons. The first kappa shape index (κ1) is 12.2. The van der Waals surface area contributed by atoms with Crippen molar-refractivity contribution in [2.45, 2.75) is 13.1 Å². The molecule has 0 aliphatic carbocycles. The first-order valence-corrected chi connectivity index (χ1v) is 6.44. The Labute approximate surface area is 105 Å². The predicted octanol–water partition coefficient (Wildman–Crippen LogP) is 1.50. The van der Waals surface area contributed by atoms with Gasteiger partial charge in [0.2, 0.25) is 0 Å². The molecule has 0 saturated carbocycles. The Morgan fingerprint density at radius 3 is 2.65 bits per heavy atom. The lowest BCUT2D eigenvalue weighted by Crippen LogP contribution is -2.28. The van der Waals surface area contributed by atoms with Gasteiger partial charge in [0.05, 0.1) is 5.69 Å². The van der Waals surface area contributed by atoms with Crippen LogP contribution in [-0.4, -0.2) is 27.6 Å². The number of nitrogens with zero attached hydrogens (tertiary/aromatic N) is 3. The third-order valence-electron chi connectivity index (χ3n) is 2.49. The summed E-state index contributed by atoms with van der Waals surface area (Å²) in [6, 6.07) is 10.4. The predicted molar refractivity (Wildman–Crippen MR) is 69.5 cm³/mol. The largest absolute Gasteiger partial charge is 0.329 e. The summed E-state index contributed by atoms with van der Waals surface area (Å²) in [6.45, 7) is 3.23. The van der Waals surface area contributed by atoms with Crippen molar-refractivity contribution in [3.8, 4) is 0 Å². The van der Waals surface area contributed by atoms with E-state index in [1.807, 2.05) is 11.4 Å². The lowest BCUT2D eigenvalue weighted by molar-refractivity contribution is 0.261. The third-order valence-corrected chi connectivity index (χ3v) is 3.04. The van der Waals surface area contributed by atoms with E-state index in [9.17, 15) is 0 Å². The molecule has 2 aromatic rings. The van der Waals surface area contributed by atoms with Crippen molar-refractivity contribution in [3.63, 3.8) is 0 Å². The van der Waals surface area contributed by atoms with Crippen LogP contribution in [0.2, 0.25) is 0 Å². The molecule has 2 N–H and O–H groups in total. The highest BCUT2D eigenvalue weighted by molar-refractivity contribution is 7.03. The van der Waals surface area contributed by atoms with Crippen molar-refractivity contribution >= 4 is 11.5 Å². The van der Waals surface area contributed by atoms with Crippen LogP contribution >= 0.6 is 11.5 Å². The maximum Gasteiger partial charge on any atom is 0.0895 e. The highest BCUT2D eigenvalue weighted by Gasteiger charge is 2.07. The summed E-state index contributed by atoms with van der Waals surface area (Å²) < 4.78 is 3.88. The fourth-order valence-corrected chi connectivity index (χ4v) is 2.16. The quantitative estimate of drug-likeness (QED) is 0.841. The molecule has 17 heavy (non-hydrogen) atoms. The van der Waals surface area contributed by atoms with Crippen molar-refractivity contribution in [2.75, 3.05) is 13.1 Å². The summed E-state index contributed by atoms with van der Waals surface area (Å²) in [5, 5.41) is 6.05. The monoisotopic (exact) mass is 248 g/mol. The van der Waals surface area contributed by atoms with E-state index in [2.05, 4.69) is 38.8 Å². The van der Waals surface area contributed by atoms with Crippen LogP contribution in [0.4, 0.5) is 0 Å². The minimum atomic E-state index is 0.657. The van der Waals surface area contributed by atoms with Gasteiger partial charge in [0.25, 0.3) is 0 Å². The number of benzene rings is 1. The molecule has 0 unspecified atom stereocenters. The Bertz CT molecular complexity index is 415. The van der Waals surface area contributed by atoms with E-state index in [0.29, 0.717) is 6.54 Å². The standard InChI is InChI=1S/C12H16N4S/c13-6-7-16(9-12-10-17-15-14-12)8-11-4-2-1-3-5-11/h1-5,10H,6-9,13H2. The van der Waals surface area contributed by atoms with Gasteiger partial charge in [-0.2, -0.15) is 0 Å². The zero-order chi connectivity index (χ0) is 11.9. The molecule has 2 rings (SSSR count). The summed E-state index contributed by atoms with van der Waals surface area (Å²) in [6.07, 6.45) is 0. The van der Waals surface area contributed by atoms with Crippen LogP contribution < -0.4 is 5.73 Å². The minimum absolute atomic E-state index is 0.657. The lowest BCUT2D eigenvalue weighted by Gasteiger charge is -2.20. The smallest absolute Gasteiger partial charge is 0.0895 e. The fraction of sp³-hybridized carbons (Fsp3) is 0.333. The zero-order valence-corrected chi connectivity index (χ0v) is 10.4. The maximum absolute atomic E-state index is 5.64. The van der Waals surface area contributed by atoms with Gasteiger partial charge in [-0.05, 0) is 17.1 Å². The zero-order valence-electron chi connectivity index (χ0n) is 9.62. The molecule has 0 aliphatic rings. The van der Waals surface area contributed by atoms with Gasteiger partial charge < -0.3 is 5.73 Å². The van der Waals surface area contributed by atoms with Gasteiger partial charge in [-0.3, -0.25) is 4.90 Å². The summed E-state index contributed by atoms with van der Waals surface area (Å²) in [4.78, 5) is 2.28. The Morgan fingerprint density at radius 2 is 2.00 bits per heavy atom. The Hall–Kier alpha value is -1.30. The number of aromatic nitrogens is 2. The molecule has 0 saturated heterocycles. The van der Waals surface area contributed by atoms with Crippen molar-refractivity contribution in [1.82, 2.24) is 14.5 Å². The van der Waals surface area contributed by atoms with Crippen LogP contribution in [0.15, 0.2) is 35.7 Å². The van der Waals surface area contributed by atoms with E-state index in [1.54, 1.807) is 0 Å². The second kappa shape index (κ2) is 6.44. The molecule has 1 aromatic carbocycles. The van der Waals surface area contributed by atoms with Crippen LogP contribution in [0.25, 0.3) is 0 Å². The second-order valence-electron chi connectivity index (χ2n) is 3.88. The first-order chi connectivity index (χ1) is 8.38. The molecule has 0 atom stereocenters. The average molecular weight is 248 g/mol. The van der Waals surface area contributed by atoms with Crippen LogP contribution in [-0.2, 0) is 13.1 Å². The number of rotatable bonds is 6. The van der Waals surface area contributed by atoms with Gasteiger partial charge in [0.15, 0.2) is 0 Å². The SMILES string of the molecule is NCCN(Cc1ccccc1)Cc1csnn1. The van der Waals surface area contributed by atoms with E-state index in [-0.39, 0.29) is 0 Å². The van der Waals surface area contributed by atoms with Crippen LogP contribution in [0, 0.1) is 0 Å². The van der Waals surface area contributed by atoms with Gasteiger partial charge in [-0.25, -0.2) is 0 Å². The van der Waals surface area contributed by atoms with Crippen molar-refractivity contribution in [2.24, 2.45) is 5.73 Å². The third kappa shape index (κ3) is 3.89. The highest BCUT2D eigenvalue weighted by Crippen LogP contribution is 2.08. The van der Waals surface area contributed by atoms with Gasteiger partial charge in [-0.15, -0.1) is 5.10 Å². The average Bonchev–Trinajstić information content (AvgIpc) is 2.83. The summed E-state index contributed by atoms with van der Waals surface area (Å²) in [5.41, 5.74) is 7.95. The number of hydrogen-bond acceptors (Lipinski definition) is 5. The molecule has 0 aliphatic heterocycles. The molecule has 0 spiro atoms. The van der Waals surface area contributed by atoms with Gasteiger partial charge >= 0.3 is 0 Å². The number of nitrogens with two attached hydrogens (primary N) is 1. The van der Waals surface area contributed by atoms with E-state index >= 15 is 0 Å². The molecular weight excluding hydrogens is 232 g/mol. The van der Waals surface area contributed by atoms with Gasteiger partial charge in [0, 0.05) is 31.6 Å². The summed E-state index contributed by atoms with van der Waals surface area (Å²) >= 11 is 1.39. The normalized spacial score (nSPS) is 10.9. The Kier molecular flexibility index (Phi) is 4.61. The van der Waals surface area contributed by atoms with E-state index in [0.717, 1.165) is 25.3 Å². The Balaban J connectivity index is 1.97. The van der Waals surface area contributed by atoms with Crippen LogP contribution in [0.1, 0.15) is 11.3 Å². The topological polar surface area (TPSA) is 55.0 Å². The van der Waals surface area contributed by atoms with E-state index < -0.39 is 0 Å². The highest BCUT2D eigenvalue weighted by atomic mass is 32.1. The second-order valence-corrected chi connectivity index (χ2v) is 4.49. The molecule has 1 aromatic heterocycles. The maximum atomic E-state index is 5.64. The molecule has 4 nitrogen and oxygen atoms in total. The molecule has 0 amide bonds. The summed E-state index contributed by atoms with van der Waals surface area (Å²) in [5.74, 6) is 0. The van der Waals surface area contributed by atoms with Crippen molar-refractivity contribution in [1.29, 1.82) is 0 Å². The molecule has 0 fully saturated rings. The molecule has 1 heterocycles. The van der Waals surface area contributed by atoms with Crippen molar-refractivity contribution in [3.05, 3.63) is 47.0 Å². The first-order valence-electron chi connectivity index (χ1n) is 5.61. The van der Waals surface area contributed by atoms with Gasteiger partial charge in [-0.1, -0.05) is 34.8 Å². The molecule has 90 valence electrons. The molecule has 5 heteroatoms. The Morgan fingerprint density at radius 1 is 1.18 bits per heavy atom. The van der Waals surface area contributed by atoms with Crippen LogP contribution in [0.5, 0.6) is 0 Å². The van der Waals surface area contributed by atoms with Crippen molar-refractivity contribution < 1.29 is 0 Å². The van der Waals surface area contributed by atoms with E-state index in [4.69, 9.17) is 5.73 Å². The molecular formula is C12H16N4S. The molecule has 0 bridgehead atoms. The van der Waals surface area contributed by atoms with E-state index in [1.165, 1.54) is 17.1 Å². The van der Waals surface area contributed by atoms with Crippen LogP contribution in [0.3, 0.4) is 0 Å². The minimum Gasteiger partial charge on any atom is -0.329 e.